The van der Waals surface area contributed by atoms with Crippen molar-refractivity contribution in [3.8, 4) is 0 Å². The van der Waals surface area contributed by atoms with Crippen LogP contribution in [-0.2, 0) is 0 Å². The quantitative estimate of drug-likeness (QED) is 0.222. The Morgan fingerprint density at radius 1 is 0.946 bits per heavy atom. The molecular formula is C34H52N2O. The molecule has 0 spiro atoms. The van der Waals surface area contributed by atoms with Crippen molar-refractivity contribution in [1.82, 2.24) is 0 Å². The minimum Gasteiger partial charge on any atom is -0.399 e. The van der Waals surface area contributed by atoms with E-state index in [-0.39, 0.29) is 17.1 Å². The van der Waals surface area contributed by atoms with Crippen LogP contribution in [0.3, 0.4) is 0 Å². The van der Waals surface area contributed by atoms with Crippen LogP contribution in [0.1, 0.15) is 116 Å². The second-order valence-corrected chi connectivity index (χ2v) is 14.5. The first-order valence-electron chi connectivity index (χ1n) is 15.4. The molecule has 204 valence electrons. The Bertz CT molecular complexity index is 1020. The summed E-state index contributed by atoms with van der Waals surface area (Å²) in [6.45, 7) is 12.5. The van der Waals surface area contributed by atoms with Gasteiger partial charge in [-0.1, -0.05) is 65.5 Å². The zero-order valence-electron chi connectivity index (χ0n) is 24.2. The van der Waals surface area contributed by atoms with Gasteiger partial charge in [-0.3, -0.25) is 4.79 Å². The van der Waals surface area contributed by atoms with Crippen LogP contribution in [0.4, 0.5) is 11.4 Å². The molecule has 0 aliphatic heterocycles. The fourth-order valence-corrected chi connectivity index (χ4v) is 9.96. The molecule has 37 heavy (non-hydrogen) atoms. The molecule has 4 aliphatic carbocycles. The van der Waals surface area contributed by atoms with Gasteiger partial charge in [0.15, 0.2) is 5.78 Å². The van der Waals surface area contributed by atoms with Crippen molar-refractivity contribution in [2.75, 3.05) is 11.5 Å². The van der Waals surface area contributed by atoms with Crippen molar-refractivity contribution >= 4 is 17.2 Å². The highest BCUT2D eigenvalue weighted by Gasteiger charge is 2.59. The molecule has 4 aliphatic rings. The van der Waals surface area contributed by atoms with E-state index in [0.29, 0.717) is 22.4 Å². The van der Waals surface area contributed by atoms with E-state index in [4.69, 9.17) is 11.5 Å². The van der Waals surface area contributed by atoms with Crippen molar-refractivity contribution in [3.63, 3.8) is 0 Å². The van der Waals surface area contributed by atoms with E-state index in [1.807, 2.05) is 0 Å². The molecule has 1 aromatic carbocycles. The summed E-state index contributed by atoms with van der Waals surface area (Å²) >= 11 is 0. The number of anilines is 2. The topological polar surface area (TPSA) is 69.1 Å². The van der Waals surface area contributed by atoms with Gasteiger partial charge in [0.25, 0.3) is 0 Å². The molecule has 8 unspecified atom stereocenters. The average Bonchev–Trinajstić information content (AvgIpc) is 3.19. The van der Waals surface area contributed by atoms with Gasteiger partial charge >= 0.3 is 0 Å². The number of nitrogens with two attached hydrogens (primary N) is 2. The lowest BCUT2D eigenvalue weighted by atomic mass is 9.46. The Balaban J connectivity index is 1.30. The highest BCUT2D eigenvalue weighted by Crippen LogP contribution is 2.67. The largest absolute Gasteiger partial charge is 0.399 e. The zero-order chi connectivity index (χ0) is 26.5. The molecule has 3 fully saturated rings. The summed E-state index contributed by atoms with van der Waals surface area (Å²) < 4.78 is 0. The molecule has 3 saturated carbocycles. The van der Waals surface area contributed by atoms with Gasteiger partial charge in [0.05, 0.1) is 0 Å². The Hall–Kier alpha value is -1.77. The lowest BCUT2D eigenvalue weighted by molar-refractivity contribution is -0.0519. The number of benzene rings is 1. The Kier molecular flexibility index (Phi) is 7.31. The van der Waals surface area contributed by atoms with E-state index in [9.17, 15) is 4.79 Å². The maximum absolute atomic E-state index is 13.4. The summed E-state index contributed by atoms with van der Waals surface area (Å²) in [5.74, 6) is 5.39. The number of rotatable bonds is 7. The molecule has 5 rings (SSSR count). The van der Waals surface area contributed by atoms with Gasteiger partial charge in [-0.05, 0) is 116 Å². The van der Waals surface area contributed by atoms with Crippen LogP contribution in [0.2, 0.25) is 0 Å². The molecule has 4 N–H and O–H groups in total. The predicted octanol–water partition coefficient (Wildman–Crippen LogP) is 8.69. The summed E-state index contributed by atoms with van der Waals surface area (Å²) in [5.41, 5.74) is 16.2. The Morgan fingerprint density at radius 3 is 2.38 bits per heavy atom. The van der Waals surface area contributed by atoms with E-state index < -0.39 is 0 Å². The number of hydrogen-bond acceptors (Lipinski definition) is 3. The van der Waals surface area contributed by atoms with Crippen molar-refractivity contribution in [2.24, 2.45) is 52.3 Å². The predicted molar refractivity (Wildman–Crippen MR) is 156 cm³/mol. The average molecular weight is 505 g/mol. The first-order valence-corrected chi connectivity index (χ1v) is 15.4. The summed E-state index contributed by atoms with van der Waals surface area (Å²) in [6, 6.07) is 5.34. The van der Waals surface area contributed by atoms with Crippen molar-refractivity contribution in [1.29, 1.82) is 0 Å². The van der Waals surface area contributed by atoms with Crippen molar-refractivity contribution in [3.05, 3.63) is 35.4 Å². The van der Waals surface area contributed by atoms with Crippen LogP contribution >= 0.6 is 0 Å². The maximum atomic E-state index is 13.4. The Morgan fingerprint density at radius 2 is 1.68 bits per heavy atom. The number of allylic oxidation sites excluding steroid dienone is 2. The van der Waals surface area contributed by atoms with Crippen molar-refractivity contribution < 1.29 is 4.79 Å². The number of carbonyl (C=O) groups excluding carboxylic acids is 1. The number of hydrogen-bond donors (Lipinski definition) is 2. The Labute approximate surface area is 226 Å². The fraction of sp³-hybridized carbons (Fsp3) is 0.735. The molecule has 1 aromatic rings. The minimum absolute atomic E-state index is 0.0634. The number of nitrogen functional groups attached to an aromatic ring is 2. The summed E-state index contributed by atoms with van der Waals surface area (Å²) in [7, 11) is 0. The van der Waals surface area contributed by atoms with Gasteiger partial charge in [-0.25, -0.2) is 0 Å². The molecule has 0 amide bonds. The molecule has 0 aromatic heterocycles. The first kappa shape index (κ1) is 26.8. The maximum Gasteiger partial charge on any atom is 0.166 e. The number of carbonyl (C=O) groups is 1. The molecule has 0 saturated heterocycles. The van der Waals surface area contributed by atoms with Gasteiger partial charge in [0.1, 0.15) is 0 Å². The van der Waals surface area contributed by atoms with Gasteiger partial charge < -0.3 is 11.5 Å². The van der Waals surface area contributed by atoms with Crippen LogP contribution in [0.15, 0.2) is 29.8 Å². The third-order valence-corrected chi connectivity index (χ3v) is 11.9. The highest BCUT2D eigenvalue weighted by atomic mass is 16.1. The summed E-state index contributed by atoms with van der Waals surface area (Å²) in [4.78, 5) is 13.4. The highest BCUT2D eigenvalue weighted by molar-refractivity contribution is 5.99. The fourth-order valence-electron chi connectivity index (χ4n) is 9.96. The zero-order valence-corrected chi connectivity index (χ0v) is 24.2. The summed E-state index contributed by atoms with van der Waals surface area (Å²) in [6.07, 6.45) is 16.7. The molecule has 0 radical (unpaired) electrons. The molecular weight excluding hydrogens is 452 g/mol. The first-order chi connectivity index (χ1) is 17.5. The molecule has 0 bridgehead atoms. The monoisotopic (exact) mass is 504 g/mol. The van der Waals surface area contributed by atoms with E-state index in [2.05, 4.69) is 40.7 Å². The summed E-state index contributed by atoms with van der Waals surface area (Å²) in [5, 5.41) is 0. The van der Waals surface area contributed by atoms with Crippen LogP contribution in [0.25, 0.3) is 0 Å². The minimum atomic E-state index is 0.0634. The molecule has 3 nitrogen and oxygen atoms in total. The third kappa shape index (κ3) is 4.78. The van der Waals surface area contributed by atoms with Gasteiger partial charge in [-0.2, -0.15) is 0 Å². The molecule has 3 heteroatoms. The number of ketones is 1. The second kappa shape index (κ2) is 10.1. The van der Waals surface area contributed by atoms with Crippen LogP contribution < -0.4 is 11.5 Å². The van der Waals surface area contributed by atoms with Crippen LogP contribution in [-0.4, -0.2) is 5.78 Å². The van der Waals surface area contributed by atoms with Crippen LogP contribution in [0, 0.1) is 52.3 Å². The van der Waals surface area contributed by atoms with E-state index in [0.717, 1.165) is 54.8 Å². The lowest BCUT2D eigenvalue weighted by Gasteiger charge is -2.58. The third-order valence-electron chi connectivity index (χ3n) is 11.9. The van der Waals surface area contributed by atoms with Gasteiger partial charge in [0.2, 0.25) is 0 Å². The number of fused-ring (bicyclic) bond motifs is 5. The van der Waals surface area contributed by atoms with E-state index in [1.165, 1.54) is 51.4 Å². The molecule has 0 heterocycles. The standard InChI is InChI=1S/C34H52N2O/c1-21(2)7-6-8-22(3)29-11-12-30-28-10-9-25-17-23(32(37)24-18-26(35)20-27(36)19-24)13-15-33(25,4)31(28)14-16-34(29,30)5/h9,18-23,28-31H,6-8,10-17,35-36H2,1-5H3. The number of Topliss-reactive ketones (excluding diaryl/α,β-unsaturated/α-hetero) is 1. The second-order valence-electron chi connectivity index (χ2n) is 14.5. The SMILES string of the molecule is CC(C)CCCC(C)C1CCC2C3CC=C4CC(C(=O)c5cc(N)cc(N)c5)CCC4(C)C3CCC12C. The van der Waals surface area contributed by atoms with Gasteiger partial charge in [-0.15, -0.1) is 0 Å². The van der Waals surface area contributed by atoms with E-state index >= 15 is 0 Å². The van der Waals surface area contributed by atoms with E-state index in [1.54, 1.807) is 23.8 Å². The van der Waals surface area contributed by atoms with Gasteiger partial charge in [0, 0.05) is 22.9 Å². The van der Waals surface area contributed by atoms with Crippen molar-refractivity contribution in [2.45, 2.75) is 105 Å². The lowest BCUT2D eigenvalue weighted by Crippen LogP contribution is -2.50. The smallest absolute Gasteiger partial charge is 0.166 e. The van der Waals surface area contributed by atoms with Crippen LogP contribution in [0.5, 0.6) is 0 Å². The normalized spacial score (nSPS) is 37.9. The molecule has 8 atom stereocenters.